The van der Waals surface area contributed by atoms with Crippen molar-refractivity contribution in [2.45, 2.75) is 25.9 Å². The number of hydrogen-bond acceptors (Lipinski definition) is 4. The van der Waals surface area contributed by atoms with E-state index < -0.39 is 23.6 Å². The van der Waals surface area contributed by atoms with Crippen molar-refractivity contribution in [1.29, 1.82) is 0 Å². The molecule has 0 bridgehead atoms. The van der Waals surface area contributed by atoms with Gasteiger partial charge in [0, 0.05) is 24.6 Å². The molecule has 160 valence electrons. The van der Waals surface area contributed by atoms with Crippen LogP contribution in [-0.4, -0.2) is 35.7 Å². The summed E-state index contributed by atoms with van der Waals surface area (Å²) in [6.07, 6.45) is -2.34. The van der Waals surface area contributed by atoms with Crippen molar-refractivity contribution in [2.24, 2.45) is 5.92 Å². The fourth-order valence-electron chi connectivity index (χ4n) is 3.24. The van der Waals surface area contributed by atoms with Crippen LogP contribution in [0.4, 0.5) is 13.2 Å². The van der Waals surface area contributed by atoms with E-state index in [9.17, 15) is 27.6 Å². The largest absolute Gasteiger partial charge is 0.469 e. The Morgan fingerprint density at radius 1 is 1.03 bits per heavy atom. The highest BCUT2D eigenvalue weighted by atomic mass is 19.4. The van der Waals surface area contributed by atoms with Crippen molar-refractivity contribution in [3.63, 3.8) is 0 Å². The van der Waals surface area contributed by atoms with E-state index in [1.165, 1.54) is 17.2 Å². The number of aryl methyl sites for hydroxylation is 1. The second-order valence-corrected chi connectivity index (χ2v) is 6.98. The average Bonchev–Trinajstić information content (AvgIpc) is 3.17. The number of amides is 3. The first-order valence-corrected chi connectivity index (χ1v) is 9.27. The van der Waals surface area contributed by atoms with Gasteiger partial charge < -0.3 is 9.32 Å². The third-order valence-electron chi connectivity index (χ3n) is 5.01. The van der Waals surface area contributed by atoms with E-state index in [1.54, 1.807) is 6.92 Å². The van der Waals surface area contributed by atoms with Gasteiger partial charge in [-0.2, -0.15) is 13.2 Å². The predicted molar refractivity (Wildman–Crippen MR) is 99.1 cm³/mol. The molecule has 3 amide bonds. The van der Waals surface area contributed by atoms with E-state index in [0.29, 0.717) is 24.2 Å². The molecule has 2 N–H and O–H groups in total. The van der Waals surface area contributed by atoms with E-state index in [-0.39, 0.29) is 30.5 Å². The lowest BCUT2D eigenvalue weighted by Gasteiger charge is -2.31. The molecular formula is C20H20F3N3O4. The summed E-state index contributed by atoms with van der Waals surface area (Å²) in [5.41, 5.74) is 4.36. The first kappa shape index (κ1) is 21.4. The number of nitrogens with zero attached hydrogens (tertiary/aromatic N) is 1. The zero-order valence-electron chi connectivity index (χ0n) is 16.1. The molecule has 1 aliphatic heterocycles. The molecule has 0 saturated carbocycles. The molecule has 10 heteroatoms. The van der Waals surface area contributed by atoms with Gasteiger partial charge in [0.25, 0.3) is 11.8 Å². The van der Waals surface area contributed by atoms with Gasteiger partial charge in [0.15, 0.2) is 0 Å². The van der Waals surface area contributed by atoms with Crippen LogP contribution in [0.2, 0.25) is 0 Å². The van der Waals surface area contributed by atoms with Crippen molar-refractivity contribution in [1.82, 2.24) is 15.8 Å². The summed E-state index contributed by atoms with van der Waals surface area (Å²) < 4.78 is 43.0. The van der Waals surface area contributed by atoms with Gasteiger partial charge in [-0.05, 0) is 50.1 Å². The number of benzene rings is 1. The lowest BCUT2D eigenvalue weighted by Crippen LogP contribution is -2.48. The molecule has 1 aromatic heterocycles. The van der Waals surface area contributed by atoms with Gasteiger partial charge in [0.2, 0.25) is 5.91 Å². The maximum absolute atomic E-state index is 12.6. The molecule has 1 aliphatic rings. The lowest BCUT2D eigenvalue weighted by molar-refractivity contribution is -0.137. The third kappa shape index (κ3) is 4.81. The van der Waals surface area contributed by atoms with E-state index in [0.717, 1.165) is 24.3 Å². The highest BCUT2D eigenvalue weighted by Gasteiger charge is 2.31. The summed E-state index contributed by atoms with van der Waals surface area (Å²) in [6.45, 7) is 2.19. The van der Waals surface area contributed by atoms with Gasteiger partial charge >= 0.3 is 6.18 Å². The molecule has 1 aromatic carbocycles. The summed E-state index contributed by atoms with van der Waals surface area (Å²) in [5, 5.41) is 0. The highest BCUT2D eigenvalue weighted by molar-refractivity contribution is 5.96. The van der Waals surface area contributed by atoms with Gasteiger partial charge in [-0.1, -0.05) is 0 Å². The molecule has 0 radical (unpaired) electrons. The number of piperidine rings is 1. The number of carbonyl (C=O) groups is 3. The molecule has 1 fully saturated rings. The number of nitrogens with one attached hydrogen (secondary N) is 2. The average molecular weight is 423 g/mol. The van der Waals surface area contributed by atoms with Crippen LogP contribution in [0.15, 0.2) is 41.0 Å². The van der Waals surface area contributed by atoms with Crippen molar-refractivity contribution in [3.05, 3.63) is 59.0 Å². The minimum atomic E-state index is -4.46. The predicted octanol–water partition coefficient (Wildman–Crippen LogP) is 2.92. The lowest BCUT2D eigenvalue weighted by atomic mass is 9.95. The Hall–Kier alpha value is -3.30. The Kier molecular flexibility index (Phi) is 6.14. The fraction of sp³-hybridized carbons (Fsp3) is 0.350. The summed E-state index contributed by atoms with van der Waals surface area (Å²) in [6, 6.07) is 5.53. The van der Waals surface area contributed by atoms with Crippen LogP contribution in [0.3, 0.4) is 0 Å². The van der Waals surface area contributed by atoms with Crippen molar-refractivity contribution in [2.75, 3.05) is 13.1 Å². The number of halogens is 3. The number of carbonyl (C=O) groups excluding carboxylic acids is 3. The normalized spacial score (nSPS) is 15.0. The number of furan rings is 1. The summed E-state index contributed by atoms with van der Waals surface area (Å²) in [7, 11) is 0. The van der Waals surface area contributed by atoms with Crippen molar-refractivity contribution in [3.8, 4) is 0 Å². The number of alkyl halides is 3. The Morgan fingerprint density at radius 3 is 2.20 bits per heavy atom. The highest BCUT2D eigenvalue weighted by Crippen LogP contribution is 2.29. The Balaban J connectivity index is 1.49. The Bertz CT molecular complexity index is 930. The van der Waals surface area contributed by atoms with Crippen molar-refractivity contribution < 1.29 is 32.0 Å². The SMILES string of the molecule is Cc1occc1C(=O)NNC(=O)C1CCN(C(=O)c2ccc(C(F)(F)F)cc2)CC1. The van der Waals surface area contributed by atoms with Crippen molar-refractivity contribution >= 4 is 17.7 Å². The van der Waals surface area contributed by atoms with Gasteiger partial charge in [-0.3, -0.25) is 25.2 Å². The number of rotatable bonds is 3. The molecule has 0 atom stereocenters. The van der Waals surface area contributed by atoms with Gasteiger partial charge in [-0.15, -0.1) is 0 Å². The monoisotopic (exact) mass is 423 g/mol. The van der Waals surface area contributed by atoms with Crippen LogP contribution in [-0.2, 0) is 11.0 Å². The molecule has 30 heavy (non-hydrogen) atoms. The van der Waals surface area contributed by atoms with Crippen LogP contribution in [0.1, 0.15) is 44.9 Å². The second-order valence-electron chi connectivity index (χ2n) is 6.98. The van der Waals surface area contributed by atoms with Crippen LogP contribution in [0.5, 0.6) is 0 Å². The smallest absolute Gasteiger partial charge is 0.416 e. The summed E-state index contributed by atoms with van der Waals surface area (Å²) >= 11 is 0. The molecular weight excluding hydrogens is 403 g/mol. The maximum atomic E-state index is 12.6. The second kappa shape index (κ2) is 8.60. The van der Waals surface area contributed by atoms with Crippen LogP contribution < -0.4 is 10.9 Å². The van der Waals surface area contributed by atoms with Crippen LogP contribution in [0, 0.1) is 12.8 Å². The van der Waals surface area contributed by atoms with E-state index in [4.69, 9.17) is 4.42 Å². The molecule has 3 rings (SSSR count). The number of hydrazine groups is 1. The first-order chi connectivity index (χ1) is 14.2. The zero-order chi connectivity index (χ0) is 21.9. The summed E-state index contributed by atoms with van der Waals surface area (Å²) in [4.78, 5) is 38.3. The minimum Gasteiger partial charge on any atom is -0.469 e. The fourth-order valence-corrected chi connectivity index (χ4v) is 3.24. The van der Waals surface area contributed by atoms with Gasteiger partial charge in [-0.25, -0.2) is 0 Å². The Morgan fingerprint density at radius 2 is 1.67 bits per heavy atom. The van der Waals surface area contributed by atoms with Gasteiger partial charge in [0.1, 0.15) is 5.76 Å². The molecule has 2 aromatic rings. The third-order valence-corrected chi connectivity index (χ3v) is 5.01. The number of likely N-dealkylation sites (tertiary alicyclic amines) is 1. The van der Waals surface area contributed by atoms with E-state index in [1.807, 2.05) is 0 Å². The molecule has 1 saturated heterocycles. The zero-order valence-corrected chi connectivity index (χ0v) is 16.1. The molecule has 0 unspecified atom stereocenters. The van der Waals surface area contributed by atoms with Crippen LogP contribution in [0.25, 0.3) is 0 Å². The molecule has 0 aliphatic carbocycles. The summed E-state index contributed by atoms with van der Waals surface area (Å²) in [5.74, 6) is -1.22. The number of hydrogen-bond donors (Lipinski definition) is 2. The van der Waals surface area contributed by atoms with E-state index in [2.05, 4.69) is 10.9 Å². The Labute approximate surface area is 170 Å². The molecule has 0 spiro atoms. The minimum absolute atomic E-state index is 0.161. The van der Waals surface area contributed by atoms with Gasteiger partial charge in [0.05, 0.1) is 17.4 Å². The maximum Gasteiger partial charge on any atom is 0.416 e. The standard InChI is InChI=1S/C20H20F3N3O4/c1-12-16(8-11-30-12)18(28)25-24-17(27)13-6-9-26(10-7-13)19(29)14-2-4-15(5-3-14)20(21,22)23/h2-5,8,11,13H,6-7,9-10H2,1H3,(H,24,27)(H,25,28). The van der Waals surface area contributed by atoms with E-state index >= 15 is 0 Å². The first-order valence-electron chi connectivity index (χ1n) is 9.27. The topological polar surface area (TPSA) is 91.7 Å². The van der Waals surface area contributed by atoms with Crippen LogP contribution >= 0.6 is 0 Å². The molecule has 2 heterocycles. The molecule has 7 nitrogen and oxygen atoms in total. The quantitative estimate of drug-likeness (QED) is 0.743.